The van der Waals surface area contributed by atoms with E-state index in [-0.39, 0.29) is 12.5 Å². The summed E-state index contributed by atoms with van der Waals surface area (Å²) in [5.74, 6) is 0.466. The summed E-state index contributed by atoms with van der Waals surface area (Å²) in [5, 5.41) is 11.6. The van der Waals surface area contributed by atoms with Crippen LogP contribution >= 0.6 is 0 Å². The molecule has 0 aromatic carbocycles. The van der Waals surface area contributed by atoms with E-state index in [1.807, 2.05) is 0 Å². The Morgan fingerprint density at radius 1 is 1.47 bits per heavy atom. The van der Waals surface area contributed by atoms with Crippen molar-refractivity contribution in [1.82, 2.24) is 10.3 Å². The number of nitrogens with zero attached hydrogens (tertiary/aromatic N) is 1. The molecule has 0 aliphatic heterocycles. The summed E-state index contributed by atoms with van der Waals surface area (Å²) in [5.41, 5.74) is 0.936. The van der Waals surface area contributed by atoms with Crippen LogP contribution < -0.4 is 5.32 Å². The number of nitrogens with one attached hydrogen (secondary N) is 1. The van der Waals surface area contributed by atoms with Crippen LogP contribution in [0.25, 0.3) is 0 Å². The third-order valence-corrected chi connectivity index (χ3v) is 2.24. The van der Waals surface area contributed by atoms with Crippen molar-refractivity contribution in [2.75, 3.05) is 0 Å². The number of aliphatic hydroxyl groups is 1. The molecule has 1 amide bonds. The van der Waals surface area contributed by atoms with Gasteiger partial charge >= 0.3 is 0 Å². The average molecular weight is 232 g/mol. The van der Waals surface area contributed by atoms with E-state index in [1.165, 1.54) is 6.20 Å². The zero-order valence-corrected chi connectivity index (χ0v) is 9.09. The molecule has 0 saturated carbocycles. The molecule has 0 radical (unpaired) electrons. The number of pyridine rings is 1. The van der Waals surface area contributed by atoms with E-state index in [1.54, 1.807) is 30.5 Å². The molecular weight excluding hydrogens is 220 g/mol. The molecule has 0 spiro atoms. The quantitative estimate of drug-likeness (QED) is 0.827. The fraction of sp³-hybridized carbons (Fsp3) is 0.167. The molecule has 0 unspecified atom stereocenters. The first-order valence-corrected chi connectivity index (χ1v) is 5.16. The highest BCUT2D eigenvalue weighted by Gasteiger charge is 2.06. The normalized spacial score (nSPS) is 10.2. The molecule has 17 heavy (non-hydrogen) atoms. The number of hydrogen-bond donors (Lipinski definition) is 2. The maximum absolute atomic E-state index is 11.7. The predicted molar refractivity (Wildman–Crippen MR) is 60.0 cm³/mol. The summed E-state index contributed by atoms with van der Waals surface area (Å²) >= 11 is 0. The number of furan rings is 1. The number of rotatable bonds is 4. The standard InChI is InChI=1S/C12H12N2O3/c15-8-10-6-9(3-4-13-10)12(16)14-7-11-2-1-5-17-11/h1-6,15H,7-8H2,(H,14,16). The molecule has 5 heteroatoms. The Morgan fingerprint density at radius 3 is 3.06 bits per heavy atom. The topological polar surface area (TPSA) is 75.4 Å². The Labute approximate surface area is 98.1 Å². The lowest BCUT2D eigenvalue weighted by Crippen LogP contribution is -2.22. The number of carbonyl (C=O) groups excluding carboxylic acids is 1. The summed E-state index contributed by atoms with van der Waals surface area (Å²) in [6, 6.07) is 6.69. The zero-order chi connectivity index (χ0) is 12.1. The van der Waals surface area contributed by atoms with Crippen molar-refractivity contribution in [3.05, 3.63) is 53.7 Å². The molecule has 2 heterocycles. The number of hydrogen-bond acceptors (Lipinski definition) is 4. The highest BCUT2D eigenvalue weighted by Crippen LogP contribution is 2.03. The second kappa shape index (κ2) is 5.27. The second-order valence-corrected chi connectivity index (χ2v) is 3.46. The fourth-order valence-corrected chi connectivity index (χ4v) is 1.39. The average Bonchev–Trinajstić information content (AvgIpc) is 2.89. The van der Waals surface area contributed by atoms with E-state index in [9.17, 15) is 4.79 Å². The van der Waals surface area contributed by atoms with Crippen molar-refractivity contribution in [3.63, 3.8) is 0 Å². The first kappa shape index (κ1) is 11.3. The van der Waals surface area contributed by atoms with Crippen molar-refractivity contribution in [1.29, 1.82) is 0 Å². The van der Waals surface area contributed by atoms with E-state index in [2.05, 4.69) is 10.3 Å². The minimum absolute atomic E-state index is 0.181. The molecule has 0 aliphatic carbocycles. The number of carbonyl (C=O) groups is 1. The molecule has 2 N–H and O–H groups in total. The molecule has 2 rings (SSSR count). The molecular formula is C12H12N2O3. The zero-order valence-electron chi connectivity index (χ0n) is 9.09. The van der Waals surface area contributed by atoms with Gasteiger partial charge in [-0.1, -0.05) is 0 Å². The van der Waals surface area contributed by atoms with Crippen LogP contribution in [0.2, 0.25) is 0 Å². The summed E-state index contributed by atoms with van der Waals surface area (Å²) in [4.78, 5) is 15.6. The SMILES string of the molecule is O=C(NCc1ccco1)c1ccnc(CO)c1. The van der Waals surface area contributed by atoms with Crippen molar-refractivity contribution >= 4 is 5.91 Å². The van der Waals surface area contributed by atoms with Crippen LogP contribution in [0, 0.1) is 0 Å². The Balaban J connectivity index is 1.99. The van der Waals surface area contributed by atoms with E-state index >= 15 is 0 Å². The molecule has 0 fully saturated rings. The van der Waals surface area contributed by atoms with Gasteiger partial charge < -0.3 is 14.8 Å². The van der Waals surface area contributed by atoms with Crippen LogP contribution in [-0.4, -0.2) is 16.0 Å². The van der Waals surface area contributed by atoms with E-state index in [4.69, 9.17) is 9.52 Å². The molecule has 0 saturated heterocycles. The van der Waals surface area contributed by atoms with E-state index < -0.39 is 0 Å². The minimum Gasteiger partial charge on any atom is -0.467 e. The van der Waals surface area contributed by atoms with Gasteiger partial charge in [0.1, 0.15) is 5.76 Å². The molecule has 2 aromatic heterocycles. The monoisotopic (exact) mass is 232 g/mol. The Hall–Kier alpha value is -2.14. The summed E-state index contributed by atoms with van der Waals surface area (Å²) in [6.07, 6.45) is 3.05. The van der Waals surface area contributed by atoms with Crippen molar-refractivity contribution in [2.45, 2.75) is 13.2 Å². The van der Waals surface area contributed by atoms with Crippen LogP contribution in [0.4, 0.5) is 0 Å². The van der Waals surface area contributed by atoms with E-state index in [0.717, 1.165) is 0 Å². The van der Waals surface area contributed by atoms with Crippen molar-refractivity contribution < 1.29 is 14.3 Å². The summed E-state index contributed by atoms with van der Waals surface area (Å²) in [7, 11) is 0. The van der Waals surface area contributed by atoms with Gasteiger partial charge in [0.25, 0.3) is 5.91 Å². The highest BCUT2D eigenvalue weighted by molar-refractivity contribution is 5.94. The lowest BCUT2D eigenvalue weighted by atomic mass is 10.2. The number of aromatic nitrogens is 1. The van der Waals surface area contributed by atoms with Gasteiger partial charge in [-0.2, -0.15) is 0 Å². The van der Waals surface area contributed by atoms with Gasteiger partial charge in [-0.05, 0) is 24.3 Å². The van der Waals surface area contributed by atoms with Crippen LogP contribution in [0.1, 0.15) is 21.8 Å². The van der Waals surface area contributed by atoms with Gasteiger partial charge in [0.15, 0.2) is 0 Å². The Morgan fingerprint density at radius 2 is 2.35 bits per heavy atom. The minimum atomic E-state index is -0.224. The lowest BCUT2D eigenvalue weighted by molar-refractivity contribution is 0.0947. The van der Waals surface area contributed by atoms with Crippen LogP contribution in [0.15, 0.2) is 41.1 Å². The fourth-order valence-electron chi connectivity index (χ4n) is 1.39. The van der Waals surface area contributed by atoms with Crippen LogP contribution in [0.5, 0.6) is 0 Å². The van der Waals surface area contributed by atoms with Gasteiger partial charge in [0, 0.05) is 11.8 Å². The predicted octanol–water partition coefficient (Wildman–Crippen LogP) is 1.10. The Bertz CT molecular complexity index is 494. The highest BCUT2D eigenvalue weighted by atomic mass is 16.3. The van der Waals surface area contributed by atoms with Crippen molar-refractivity contribution in [3.8, 4) is 0 Å². The molecule has 0 bridgehead atoms. The first-order chi connectivity index (χ1) is 8.29. The molecule has 2 aromatic rings. The first-order valence-electron chi connectivity index (χ1n) is 5.16. The maximum Gasteiger partial charge on any atom is 0.251 e. The third-order valence-electron chi connectivity index (χ3n) is 2.24. The van der Waals surface area contributed by atoms with Gasteiger partial charge in [-0.3, -0.25) is 9.78 Å². The maximum atomic E-state index is 11.7. The largest absolute Gasteiger partial charge is 0.467 e. The third kappa shape index (κ3) is 2.92. The van der Waals surface area contributed by atoms with Gasteiger partial charge in [-0.25, -0.2) is 0 Å². The molecule has 5 nitrogen and oxygen atoms in total. The molecule has 0 aliphatic rings. The number of aliphatic hydroxyl groups excluding tert-OH is 1. The van der Waals surface area contributed by atoms with E-state index in [0.29, 0.717) is 23.6 Å². The van der Waals surface area contributed by atoms with Gasteiger partial charge in [-0.15, -0.1) is 0 Å². The summed E-state index contributed by atoms with van der Waals surface area (Å²) in [6.45, 7) is 0.155. The van der Waals surface area contributed by atoms with Crippen LogP contribution in [0.3, 0.4) is 0 Å². The molecule has 88 valence electrons. The van der Waals surface area contributed by atoms with Crippen molar-refractivity contribution in [2.24, 2.45) is 0 Å². The number of amides is 1. The second-order valence-electron chi connectivity index (χ2n) is 3.46. The summed E-state index contributed by atoms with van der Waals surface area (Å²) < 4.78 is 5.10. The lowest BCUT2D eigenvalue weighted by Gasteiger charge is -2.04. The van der Waals surface area contributed by atoms with Crippen LogP contribution in [-0.2, 0) is 13.2 Å². The van der Waals surface area contributed by atoms with Gasteiger partial charge in [0.2, 0.25) is 0 Å². The van der Waals surface area contributed by atoms with Gasteiger partial charge in [0.05, 0.1) is 25.1 Å². The Kier molecular flexibility index (Phi) is 3.52. The molecule has 0 atom stereocenters. The smallest absolute Gasteiger partial charge is 0.251 e.